The molecule has 0 radical (unpaired) electrons. The van der Waals surface area contributed by atoms with E-state index in [4.69, 9.17) is 0 Å². The number of sulfone groups is 1. The molecular formula is C23H26F3N5O4S. The Hall–Kier alpha value is -3.22. The van der Waals surface area contributed by atoms with E-state index >= 15 is 0 Å². The molecule has 3 heterocycles. The number of nitrogens with one attached hydrogen (secondary N) is 1. The average molecular weight is 526 g/mol. The van der Waals surface area contributed by atoms with Crippen LogP contribution in [-0.2, 0) is 19.4 Å². The second kappa shape index (κ2) is 10.4. The van der Waals surface area contributed by atoms with Crippen LogP contribution in [0.1, 0.15) is 25.7 Å². The average Bonchev–Trinajstić information content (AvgIpc) is 2.82. The third-order valence-electron chi connectivity index (χ3n) is 6.44. The van der Waals surface area contributed by atoms with Crippen LogP contribution in [0.2, 0.25) is 0 Å². The molecule has 0 spiro atoms. The fourth-order valence-corrected chi connectivity index (χ4v) is 6.01. The molecular weight excluding hydrogens is 499 g/mol. The van der Waals surface area contributed by atoms with Crippen molar-refractivity contribution < 1.29 is 31.2 Å². The first-order valence-corrected chi connectivity index (χ1v) is 13.1. The molecule has 2 fully saturated rings. The number of aromatic nitrogens is 2. The standard InChI is InChI=1S/C23H26F3N5O4S/c24-23(25,26)10-7-21(32)30-12-8-19(9-13-30)36(34,35)18-5-3-17(4-6-18)28-22(33)16-14-31(15-16)20-2-1-11-27-29-20/h1-6,11,16,19H,7-10,12-15H2,(H,28,33). The normalized spacial score (nSPS) is 17.5. The largest absolute Gasteiger partial charge is 0.389 e. The Kier molecular flexibility index (Phi) is 7.48. The predicted octanol–water partition coefficient (Wildman–Crippen LogP) is 2.66. The first-order valence-electron chi connectivity index (χ1n) is 11.5. The lowest BCUT2D eigenvalue weighted by molar-refractivity contribution is -0.149. The Labute approximate surface area is 206 Å². The first kappa shape index (κ1) is 25.9. The van der Waals surface area contributed by atoms with Crippen molar-refractivity contribution in [3.63, 3.8) is 0 Å². The number of nitrogens with zero attached hydrogens (tertiary/aromatic N) is 4. The number of hydrogen-bond donors (Lipinski definition) is 1. The molecule has 9 nitrogen and oxygen atoms in total. The number of hydrogen-bond acceptors (Lipinski definition) is 7. The summed E-state index contributed by atoms with van der Waals surface area (Å²) in [6.07, 6.45) is -4.34. The Morgan fingerprint density at radius 2 is 1.72 bits per heavy atom. The van der Waals surface area contributed by atoms with Crippen LogP contribution in [0.15, 0.2) is 47.5 Å². The van der Waals surface area contributed by atoms with Gasteiger partial charge in [0.2, 0.25) is 11.8 Å². The third-order valence-corrected chi connectivity index (χ3v) is 8.72. The number of likely N-dealkylation sites (tertiary alicyclic amines) is 1. The molecule has 2 aliphatic rings. The monoisotopic (exact) mass is 525 g/mol. The van der Waals surface area contributed by atoms with Crippen molar-refractivity contribution in [1.29, 1.82) is 0 Å². The SMILES string of the molecule is O=C(Nc1ccc(S(=O)(=O)C2CCN(C(=O)CCC(F)(F)F)CC2)cc1)C1CN(c2cccnn2)C1. The number of anilines is 2. The van der Waals surface area contributed by atoms with E-state index in [1.165, 1.54) is 29.2 Å². The van der Waals surface area contributed by atoms with E-state index in [0.717, 1.165) is 0 Å². The number of piperidine rings is 1. The zero-order valence-corrected chi connectivity index (χ0v) is 20.1. The number of alkyl halides is 3. The quantitative estimate of drug-likeness (QED) is 0.592. The summed E-state index contributed by atoms with van der Waals surface area (Å²) < 4.78 is 63.1. The van der Waals surface area contributed by atoms with E-state index in [1.54, 1.807) is 12.3 Å². The zero-order chi connectivity index (χ0) is 25.9. The molecule has 0 saturated carbocycles. The lowest BCUT2D eigenvalue weighted by Crippen LogP contribution is -2.52. The highest BCUT2D eigenvalue weighted by Gasteiger charge is 2.35. The van der Waals surface area contributed by atoms with E-state index in [0.29, 0.717) is 24.6 Å². The Morgan fingerprint density at radius 3 is 2.31 bits per heavy atom. The number of benzene rings is 1. The van der Waals surface area contributed by atoms with E-state index < -0.39 is 40.0 Å². The highest BCUT2D eigenvalue weighted by molar-refractivity contribution is 7.92. The van der Waals surface area contributed by atoms with Gasteiger partial charge in [0.15, 0.2) is 15.7 Å². The molecule has 2 amide bonds. The zero-order valence-electron chi connectivity index (χ0n) is 19.3. The molecule has 0 atom stereocenters. The van der Waals surface area contributed by atoms with Gasteiger partial charge in [0.05, 0.1) is 22.5 Å². The van der Waals surface area contributed by atoms with Gasteiger partial charge in [-0.25, -0.2) is 8.42 Å². The van der Waals surface area contributed by atoms with Gasteiger partial charge in [-0.2, -0.15) is 18.3 Å². The van der Waals surface area contributed by atoms with Crippen molar-refractivity contribution >= 4 is 33.2 Å². The molecule has 2 aliphatic heterocycles. The summed E-state index contributed by atoms with van der Waals surface area (Å²) in [5.74, 6) is -0.310. The van der Waals surface area contributed by atoms with E-state index in [1.807, 2.05) is 11.0 Å². The van der Waals surface area contributed by atoms with Crippen LogP contribution in [0.5, 0.6) is 0 Å². The minimum atomic E-state index is -4.40. The number of halogens is 3. The van der Waals surface area contributed by atoms with Gasteiger partial charge in [-0.1, -0.05) is 0 Å². The third kappa shape index (κ3) is 6.12. The van der Waals surface area contributed by atoms with Gasteiger partial charge >= 0.3 is 6.18 Å². The van der Waals surface area contributed by atoms with Gasteiger partial charge in [-0.05, 0) is 49.2 Å². The maximum absolute atomic E-state index is 13.0. The van der Waals surface area contributed by atoms with Crippen LogP contribution < -0.4 is 10.2 Å². The summed E-state index contributed by atoms with van der Waals surface area (Å²) in [4.78, 5) is 27.8. The highest BCUT2D eigenvalue weighted by Crippen LogP contribution is 2.28. The Bertz CT molecular complexity index is 1180. The maximum Gasteiger partial charge on any atom is 0.389 e. The minimum Gasteiger partial charge on any atom is -0.353 e. The molecule has 0 bridgehead atoms. The molecule has 2 aromatic rings. The fraction of sp³-hybridized carbons (Fsp3) is 0.478. The molecule has 0 aliphatic carbocycles. The second-order valence-electron chi connectivity index (χ2n) is 8.94. The Morgan fingerprint density at radius 1 is 1.06 bits per heavy atom. The van der Waals surface area contributed by atoms with Gasteiger partial charge in [-0.15, -0.1) is 5.10 Å². The van der Waals surface area contributed by atoms with Gasteiger partial charge in [-0.3, -0.25) is 9.59 Å². The van der Waals surface area contributed by atoms with Crippen LogP contribution in [-0.4, -0.2) is 72.9 Å². The molecule has 1 aromatic carbocycles. The number of amides is 2. The minimum absolute atomic E-state index is 0.0971. The lowest BCUT2D eigenvalue weighted by Gasteiger charge is -2.38. The van der Waals surface area contributed by atoms with Crippen LogP contribution in [0, 0.1) is 5.92 Å². The number of carbonyl (C=O) groups excluding carboxylic acids is 2. The molecule has 2 saturated heterocycles. The van der Waals surface area contributed by atoms with Gasteiger partial charge in [0.25, 0.3) is 0 Å². The Balaban J connectivity index is 1.27. The van der Waals surface area contributed by atoms with Crippen molar-refractivity contribution in [1.82, 2.24) is 15.1 Å². The summed E-state index contributed by atoms with van der Waals surface area (Å²) in [6, 6.07) is 9.50. The van der Waals surface area contributed by atoms with E-state index in [9.17, 15) is 31.2 Å². The molecule has 13 heteroatoms. The van der Waals surface area contributed by atoms with Crippen molar-refractivity contribution in [3.8, 4) is 0 Å². The number of rotatable bonds is 7. The summed E-state index contributed by atoms with van der Waals surface area (Å²) in [7, 11) is -3.69. The molecule has 0 unspecified atom stereocenters. The summed E-state index contributed by atoms with van der Waals surface area (Å²) in [5.41, 5.74) is 0.474. The topological polar surface area (TPSA) is 113 Å². The van der Waals surface area contributed by atoms with Gasteiger partial charge in [0.1, 0.15) is 0 Å². The smallest absolute Gasteiger partial charge is 0.353 e. The predicted molar refractivity (Wildman–Crippen MR) is 125 cm³/mol. The van der Waals surface area contributed by atoms with Crippen molar-refractivity contribution in [3.05, 3.63) is 42.6 Å². The van der Waals surface area contributed by atoms with Crippen molar-refractivity contribution in [2.24, 2.45) is 5.92 Å². The van der Waals surface area contributed by atoms with Crippen LogP contribution in [0.3, 0.4) is 0 Å². The van der Waals surface area contributed by atoms with E-state index in [-0.39, 0.29) is 42.7 Å². The molecule has 1 aromatic heterocycles. The maximum atomic E-state index is 13.0. The van der Waals surface area contributed by atoms with E-state index in [2.05, 4.69) is 15.5 Å². The van der Waals surface area contributed by atoms with Crippen molar-refractivity contribution in [2.75, 3.05) is 36.4 Å². The fourth-order valence-electron chi connectivity index (χ4n) is 4.28. The summed E-state index contributed by atoms with van der Waals surface area (Å²) in [6.45, 7) is 1.21. The summed E-state index contributed by atoms with van der Waals surface area (Å²) >= 11 is 0. The first-order chi connectivity index (χ1) is 17.0. The van der Waals surface area contributed by atoms with Crippen LogP contribution >= 0.6 is 0 Å². The van der Waals surface area contributed by atoms with Crippen molar-refractivity contribution in [2.45, 2.75) is 42.0 Å². The molecule has 194 valence electrons. The molecule has 1 N–H and O–H groups in total. The van der Waals surface area contributed by atoms with Crippen LogP contribution in [0.25, 0.3) is 0 Å². The van der Waals surface area contributed by atoms with Gasteiger partial charge < -0.3 is 15.1 Å². The molecule has 4 rings (SSSR count). The number of carbonyl (C=O) groups is 2. The molecule has 36 heavy (non-hydrogen) atoms. The van der Waals surface area contributed by atoms with Gasteiger partial charge in [0, 0.05) is 44.5 Å². The second-order valence-corrected chi connectivity index (χ2v) is 11.2. The lowest BCUT2D eigenvalue weighted by atomic mass is 9.99. The van der Waals surface area contributed by atoms with Crippen LogP contribution in [0.4, 0.5) is 24.7 Å². The summed E-state index contributed by atoms with van der Waals surface area (Å²) in [5, 5.41) is 9.89. The highest BCUT2D eigenvalue weighted by atomic mass is 32.2.